The summed E-state index contributed by atoms with van der Waals surface area (Å²) in [6, 6.07) is 12.6. The molecule has 3 heterocycles. The summed E-state index contributed by atoms with van der Waals surface area (Å²) in [5.74, 6) is 0.864. The van der Waals surface area contributed by atoms with Crippen LogP contribution in [0.3, 0.4) is 0 Å². The minimum Gasteiger partial charge on any atom is -0.365 e. The molecule has 0 radical (unpaired) electrons. The SMILES string of the molecule is c1ccc(Nc2cc(N[C@H]3CCCNC3)nn3ccnc23)cc1. The zero-order chi connectivity index (χ0) is 15.5. The molecule has 1 fully saturated rings. The lowest BCUT2D eigenvalue weighted by atomic mass is 10.1. The quantitative estimate of drug-likeness (QED) is 0.691. The van der Waals surface area contributed by atoms with Crippen LogP contribution in [0.15, 0.2) is 48.8 Å². The summed E-state index contributed by atoms with van der Waals surface area (Å²) in [5, 5.41) is 15.0. The third kappa shape index (κ3) is 3.12. The largest absolute Gasteiger partial charge is 0.365 e. The van der Waals surface area contributed by atoms with Gasteiger partial charge in [0.05, 0.1) is 5.69 Å². The van der Waals surface area contributed by atoms with Crippen LogP contribution in [0, 0.1) is 0 Å². The van der Waals surface area contributed by atoms with Gasteiger partial charge in [0.25, 0.3) is 0 Å². The van der Waals surface area contributed by atoms with Crippen LogP contribution >= 0.6 is 0 Å². The lowest BCUT2D eigenvalue weighted by Crippen LogP contribution is -2.38. The molecule has 2 aromatic heterocycles. The van der Waals surface area contributed by atoms with Crippen molar-refractivity contribution in [2.45, 2.75) is 18.9 Å². The Hall–Kier alpha value is -2.60. The number of nitrogens with one attached hydrogen (secondary N) is 3. The van der Waals surface area contributed by atoms with Crippen LogP contribution in [0.25, 0.3) is 5.65 Å². The van der Waals surface area contributed by atoms with Gasteiger partial charge in [0.2, 0.25) is 0 Å². The van der Waals surface area contributed by atoms with Gasteiger partial charge in [-0.25, -0.2) is 9.50 Å². The van der Waals surface area contributed by atoms with E-state index >= 15 is 0 Å². The third-order valence-electron chi connectivity index (χ3n) is 4.06. The number of hydrogen-bond donors (Lipinski definition) is 3. The first-order valence-electron chi connectivity index (χ1n) is 8.02. The van der Waals surface area contributed by atoms with E-state index in [-0.39, 0.29) is 0 Å². The van der Waals surface area contributed by atoms with E-state index in [0.717, 1.165) is 42.4 Å². The lowest BCUT2D eigenvalue weighted by molar-refractivity contribution is 0.478. The van der Waals surface area contributed by atoms with Gasteiger partial charge in [0.15, 0.2) is 5.65 Å². The summed E-state index contributed by atoms with van der Waals surface area (Å²) in [5.41, 5.74) is 2.80. The number of benzene rings is 1. The number of hydrogen-bond acceptors (Lipinski definition) is 5. The Morgan fingerprint density at radius 2 is 2.13 bits per heavy atom. The fourth-order valence-corrected chi connectivity index (χ4v) is 2.94. The van der Waals surface area contributed by atoms with Crippen LogP contribution in [0.5, 0.6) is 0 Å². The van der Waals surface area contributed by atoms with E-state index in [1.807, 2.05) is 47.1 Å². The Morgan fingerprint density at radius 1 is 1.22 bits per heavy atom. The second-order valence-electron chi connectivity index (χ2n) is 5.82. The monoisotopic (exact) mass is 308 g/mol. The van der Waals surface area contributed by atoms with E-state index in [1.165, 1.54) is 6.42 Å². The third-order valence-corrected chi connectivity index (χ3v) is 4.06. The molecule has 1 saturated heterocycles. The molecular formula is C17H20N6. The number of piperidine rings is 1. The highest BCUT2D eigenvalue weighted by molar-refractivity contribution is 5.75. The Balaban J connectivity index is 1.64. The van der Waals surface area contributed by atoms with Gasteiger partial charge in [-0.05, 0) is 31.5 Å². The second-order valence-corrected chi connectivity index (χ2v) is 5.82. The highest BCUT2D eigenvalue weighted by Gasteiger charge is 2.15. The number of nitrogens with zero attached hydrogens (tertiary/aromatic N) is 3. The maximum Gasteiger partial charge on any atom is 0.177 e. The Morgan fingerprint density at radius 3 is 2.96 bits per heavy atom. The summed E-state index contributed by atoms with van der Waals surface area (Å²) >= 11 is 0. The van der Waals surface area contributed by atoms with Gasteiger partial charge in [0, 0.05) is 36.7 Å². The van der Waals surface area contributed by atoms with Gasteiger partial charge in [0.1, 0.15) is 5.82 Å². The molecule has 0 spiro atoms. The summed E-state index contributed by atoms with van der Waals surface area (Å²) in [7, 11) is 0. The summed E-state index contributed by atoms with van der Waals surface area (Å²) in [6.07, 6.45) is 6.00. The van der Waals surface area contributed by atoms with Crippen molar-refractivity contribution in [3.8, 4) is 0 Å². The topological polar surface area (TPSA) is 66.3 Å². The molecule has 0 unspecified atom stereocenters. The fourth-order valence-electron chi connectivity index (χ4n) is 2.94. The van der Waals surface area contributed by atoms with E-state index in [1.54, 1.807) is 6.20 Å². The molecule has 1 aliphatic heterocycles. The minimum absolute atomic E-state index is 0.418. The van der Waals surface area contributed by atoms with Gasteiger partial charge in [-0.3, -0.25) is 0 Å². The van der Waals surface area contributed by atoms with E-state index in [2.05, 4.69) is 26.0 Å². The summed E-state index contributed by atoms with van der Waals surface area (Å²) < 4.78 is 1.81. The average molecular weight is 308 g/mol. The molecular weight excluding hydrogens is 288 g/mol. The number of para-hydroxylation sites is 1. The van der Waals surface area contributed by atoms with Crippen molar-refractivity contribution < 1.29 is 0 Å². The standard InChI is InChI=1S/C17H20N6/c1-2-5-13(6-3-1)20-15-11-16(21-14-7-4-8-18-12-14)22-23-10-9-19-17(15)23/h1-3,5-6,9-11,14,18,20H,4,7-8,12H2,(H,21,22)/t14-/m0/s1. The van der Waals surface area contributed by atoms with Crippen LogP contribution in [0.4, 0.5) is 17.2 Å². The van der Waals surface area contributed by atoms with Crippen LogP contribution in [0.1, 0.15) is 12.8 Å². The van der Waals surface area contributed by atoms with E-state index < -0.39 is 0 Å². The van der Waals surface area contributed by atoms with Gasteiger partial charge < -0.3 is 16.0 Å². The van der Waals surface area contributed by atoms with E-state index in [9.17, 15) is 0 Å². The van der Waals surface area contributed by atoms with E-state index in [0.29, 0.717) is 6.04 Å². The van der Waals surface area contributed by atoms with Crippen molar-refractivity contribution in [1.29, 1.82) is 0 Å². The Labute approximate surface area is 134 Å². The van der Waals surface area contributed by atoms with Gasteiger partial charge >= 0.3 is 0 Å². The molecule has 0 aliphatic carbocycles. The van der Waals surface area contributed by atoms with Crippen molar-refractivity contribution in [3.63, 3.8) is 0 Å². The van der Waals surface area contributed by atoms with Gasteiger partial charge in [-0.15, -0.1) is 5.10 Å². The van der Waals surface area contributed by atoms with Crippen LogP contribution in [-0.4, -0.2) is 33.7 Å². The number of fused-ring (bicyclic) bond motifs is 1. The number of imidazole rings is 1. The molecule has 1 atom stereocenters. The molecule has 1 aliphatic rings. The predicted molar refractivity (Wildman–Crippen MR) is 92.2 cm³/mol. The molecule has 6 nitrogen and oxygen atoms in total. The zero-order valence-electron chi connectivity index (χ0n) is 12.9. The molecule has 0 amide bonds. The summed E-state index contributed by atoms with van der Waals surface area (Å²) in [4.78, 5) is 4.40. The van der Waals surface area contributed by atoms with Gasteiger partial charge in [-0.1, -0.05) is 18.2 Å². The van der Waals surface area contributed by atoms with Crippen molar-refractivity contribution in [2.24, 2.45) is 0 Å². The molecule has 118 valence electrons. The fraction of sp³-hybridized carbons (Fsp3) is 0.294. The van der Waals surface area contributed by atoms with Crippen LogP contribution < -0.4 is 16.0 Å². The smallest absolute Gasteiger partial charge is 0.177 e. The Kier molecular flexibility index (Phi) is 3.81. The second kappa shape index (κ2) is 6.26. The van der Waals surface area contributed by atoms with Crippen molar-refractivity contribution in [2.75, 3.05) is 23.7 Å². The van der Waals surface area contributed by atoms with Crippen LogP contribution in [-0.2, 0) is 0 Å². The van der Waals surface area contributed by atoms with E-state index in [4.69, 9.17) is 0 Å². The highest BCUT2D eigenvalue weighted by Crippen LogP contribution is 2.23. The average Bonchev–Trinajstić information content (AvgIpc) is 3.05. The maximum atomic E-state index is 4.61. The minimum atomic E-state index is 0.418. The zero-order valence-corrected chi connectivity index (χ0v) is 12.9. The first-order chi connectivity index (χ1) is 11.4. The molecule has 0 saturated carbocycles. The lowest BCUT2D eigenvalue weighted by Gasteiger charge is -2.24. The normalized spacial score (nSPS) is 18.0. The highest BCUT2D eigenvalue weighted by atomic mass is 15.3. The first-order valence-corrected chi connectivity index (χ1v) is 8.02. The molecule has 1 aromatic carbocycles. The first kappa shape index (κ1) is 14.0. The summed E-state index contributed by atoms with van der Waals surface area (Å²) in [6.45, 7) is 2.08. The van der Waals surface area contributed by atoms with Crippen molar-refractivity contribution >= 4 is 22.8 Å². The van der Waals surface area contributed by atoms with Gasteiger partial charge in [-0.2, -0.15) is 0 Å². The molecule has 23 heavy (non-hydrogen) atoms. The predicted octanol–water partition coefficient (Wildman–Crippen LogP) is 2.64. The number of anilines is 3. The molecule has 6 heteroatoms. The Bertz CT molecular complexity index is 776. The maximum absolute atomic E-state index is 4.61. The van der Waals surface area contributed by atoms with Crippen LogP contribution in [0.2, 0.25) is 0 Å². The number of aromatic nitrogens is 3. The molecule has 4 rings (SSSR count). The number of rotatable bonds is 4. The molecule has 0 bridgehead atoms. The molecule has 3 N–H and O–H groups in total. The van der Waals surface area contributed by atoms with Crippen molar-refractivity contribution in [1.82, 2.24) is 19.9 Å². The van der Waals surface area contributed by atoms with Crippen molar-refractivity contribution in [3.05, 3.63) is 48.8 Å². The molecule has 3 aromatic rings.